The van der Waals surface area contributed by atoms with Gasteiger partial charge in [-0.3, -0.25) is 4.90 Å². The van der Waals surface area contributed by atoms with E-state index >= 15 is 0 Å². The van der Waals surface area contributed by atoms with Crippen molar-refractivity contribution in [3.8, 4) is 0 Å². The van der Waals surface area contributed by atoms with Crippen molar-refractivity contribution in [3.63, 3.8) is 0 Å². The molecule has 1 aromatic carbocycles. The standard InChI is InChI=1S/C16H26FN3/c1-11-9-20(10-12(2)19(11)5)16-14(13(3)18-4)7-6-8-15(16)17/h6-8,11-13,18H,9-10H2,1-5H3. The number of anilines is 1. The van der Waals surface area contributed by atoms with E-state index < -0.39 is 0 Å². The molecule has 0 radical (unpaired) electrons. The summed E-state index contributed by atoms with van der Waals surface area (Å²) in [6.07, 6.45) is 0. The van der Waals surface area contributed by atoms with Crippen LogP contribution in [-0.2, 0) is 0 Å². The number of piperazine rings is 1. The molecule has 0 spiro atoms. The summed E-state index contributed by atoms with van der Waals surface area (Å²) < 4.78 is 14.4. The molecule has 1 aliphatic heterocycles. The molecular weight excluding hydrogens is 253 g/mol. The van der Waals surface area contributed by atoms with Crippen molar-refractivity contribution >= 4 is 5.69 Å². The van der Waals surface area contributed by atoms with E-state index in [0.717, 1.165) is 24.3 Å². The van der Waals surface area contributed by atoms with Gasteiger partial charge < -0.3 is 10.2 Å². The van der Waals surface area contributed by atoms with Gasteiger partial charge in [-0.05, 0) is 46.5 Å². The number of nitrogens with one attached hydrogen (secondary N) is 1. The average Bonchev–Trinajstić information content (AvgIpc) is 2.43. The zero-order chi connectivity index (χ0) is 14.9. The molecule has 0 aliphatic carbocycles. The molecule has 1 heterocycles. The third-order valence-electron chi connectivity index (χ3n) is 4.59. The second kappa shape index (κ2) is 6.10. The van der Waals surface area contributed by atoms with Gasteiger partial charge in [0.25, 0.3) is 0 Å². The molecular formula is C16H26FN3. The Bertz CT molecular complexity index is 451. The van der Waals surface area contributed by atoms with Crippen molar-refractivity contribution in [2.45, 2.75) is 38.9 Å². The van der Waals surface area contributed by atoms with E-state index in [4.69, 9.17) is 0 Å². The first kappa shape index (κ1) is 15.3. The van der Waals surface area contributed by atoms with Gasteiger partial charge >= 0.3 is 0 Å². The molecule has 4 heteroatoms. The van der Waals surface area contributed by atoms with Crippen LogP contribution in [0.15, 0.2) is 18.2 Å². The maximum absolute atomic E-state index is 14.4. The Morgan fingerprint density at radius 3 is 2.40 bits per heavy atom. The summed E-state index contributed by atoms with van der Waals surface area (Å²) in [4.78, 5) is 4.56. The van der Waals surface area contributed by atoms with Crippen molar-refractivity contribution in [3.05, 3.63) is 29.6 Å². The summed E-state index contributed by atoms with van der Waals surface area (Å²) >= 11 is 0. The molecule has 1 aromatic rings. The monoisotopic (exact) mass is 279 g/mol. The molecule has 20 heavy (non-hydrogen) atoms. The smallest absolute Gasteiger partial charge is 0.146 e. The van der Waals surface area contributed by atoms with Crippen LogP contribution in [0.2, 0.25) is 0 Å². The molecule has 0 saturated carbocycles. The van der Waals surface area contributed by atoms with E-state index in [1.165, 1.54) is 0 Å². The molecule has 2 rings (SSSR count). The topological polar surface area (TPSA) is 18.5 Å². The predicted octanol–water partition coefficient (Wildman–Crippen LogP) is 2.63. The van der Waals surface area contributed by atoms with Crippen molar-refractivity contribution in [1.82, 2.24) is 10.2 Å². The largest absolute Gasteiger partial charge is 0.366 e. The van der Waals surface area contributed by atoms with Gasteiger partial charge in [-0.15, -0.1) is 0 Å². The number of nitrogens with zero attached hydrogens (tertiary/aromatic N) is 2. The fourth-order valence-electron chi connectivity index (χ4n) is 2.96. The third-order valence-corrected chi connectivity index (χ3v) is 4.59. The molecule has 1 N–H and O–H groups in total. The van der Waals surface area contributed by atoms with E-state index in [1.54, 1.807) is 12.1 Å². The number of halogens is 1. The minimum atomic E-state index is -0.117. The normalized spacial score (nSPS) is 25.8. The first-order valence-electron chi connectivity index (χ1n) is 7.38. The predicted molar refractivity (Wildman–Crippen MR) is 82.8 cm³/mol. The van der Waals surface area contributed by atoms with E-state index in [1.807, 2.05) is 13.1 Å². The minimum absolute atomic E-state index is 0.117. The average molecular weight is 279 g/mol. The summed E-state index contributed by atoms with van der Waals surface area (Å²) in [6, 6.07) is 6.38. The van der Waals surface area contributed by atoms with E-state index in [-0.39, 0.29) is 11.9 Å². The van der Waals surface area contributed by atoms with Crippen molar-refractivity contribution in [1.29, 1.82) is 0 Å². The Morgan fingerprint density at radius 1 is 1.25 bits per heavy atom. The van der Waals surface area contributed by atoms with Crippen LogP contribution in [0, 0.1) is 5.82 Å². The Kier molecular flexibility index (Phi) is 4.66. The number of hydrogen-bond donors (Lipinski definition) is 1. The van der Waals surface area contributed by atoms with Gasteiger partial charge in [0, 0.05) is 31.2 Å². The number of hydrogen-bond acceptors (Lipinski definition) is 3. The van der Waals surface area contributed by atoms with E-state index in [0.29, 0.717) is 12.1 Å². The number of benzene rings is 1. The molecule has 0 bridgehead atoms. The van der Waals surface area contributed by atoms with Gasteiger partial charge in [0.15, 0.2) is 0 Å². The zero-order valence-corrected chi connectivity index (χ0v) is 13.2. The van der Waals surface area contributed by atoms with Crippen molar-refractivity contribution < 1.29 is 4.39 Å². The molecule has 1 aliphatic rings. The maximum Gasteiger partial charge on any atom is 0.146 e. The fourth-order valence-corrected chi connectivity index (χ4v) is 2.96. The van der Waals surface area contributed by atoms with Crippen molar-refractivity contribution in [2.24, 2.45) is 0 Å². The molecule has 1 fully saturated rings. The molecule has 3 unspecified atom stereocenters. The Labute approximate surface area is 121 Å². The molecule has 0 aromatic heterocycles. The second-order valence-corrected chi connectivity index (χ2v) is 5.96. The summed E-state index contributed by atoms with van der Waals surface area (Å²) in [7, 11) is 4.06. The summed E-state index contributed by atoms with van der Waals surface area (Å²) in [5.74, 6) is -0.117. The zero-order valence-electron chi connectivity index (χ0n) is 13.2. The number of rotatable bonds is 3. The number of likely N-dealkylation sites (N-methyl/N-ethyl adjacent to an activating group) is 1. The maximum atomic E-state index is 14.4. The summed E-state index contributed by atoms with van der Waals surface area (Å²) in [5, 5.41) is 3.22. The van der Waals surface area contributed by atoms with Gasteiger partial charge in [0.2, 0.25) is 0 Å². The van der Waals surface area contributed by atoms with Crippen LogP contribution >= 0.6 is 0 Å². The highest BCUT2D eigenvalue weighted by Crippen LogP contribution is 2.31. The molecule has 1 saturated heterocycles. The lowest BCUT2D eigenvalue weighted by Gasteiger charge is -2.44. The minimum Gasteiger partial charge on any atom is -0.366 e. The van der Waals surface area contributed by atoms with Crippen LogP contribution in [-0.4, -0.2) is 44.2 Å². The lowest BCUT2D eigenvalue weighted by molar-refractivity contribution is 0.169. The molecule has 112 valence electrons. The third kappa shape index (κ3) is 2.81. The van der Waals surface area contributed by atoms with Crippen LogP contribution in [0.25, 0.3) is 0 Å². The van der Waals surface area contributed by atoms with Crippen LogP contribution in [0.1, 0.15) is 32.4 Å². The SMILES string of the molecule is CNC(C)c1cccc(F)c1N1CC(C)N(C)C(C)C1. The van der Waals surface area contributed by atoms with E-state index in [9.17, 15) is 4.39 Å². The quantitative estimate of drug-likeness (QED) is 0.917. The first-order chi connectivity index (χ1) is 9.45. The van der Waals surface area contributed by atoms with Crippen LogP contribution in [0.4, 0.5) is 10.1 Å². The summed E-state index contributed by atoms with van der Waals surface area (Å²) in [6.45, 7) is 8.20. The lowest BCUT2D eigenvalue weighted by Crippen LogP contribution is -2.55. The van der Waals surface area contributed by atoms with Gasteiger partial charge in [0.1, 0.15) is 5.82 Å². The lowest BCUT2D eigenvalue weighted by atomic mass is 10.0. The van der Waals surface area contributed by atoms with Crippen LogP contribution < -0.4 is 10.2 Å². The Balaban J connectivity index is 2.37. The Morgan fingerprint density at radius 2 is 1.85 bits per heavy atom. The fraction of sp³-hybridized carbons (Fsp3) is 0.625. The highest BCUT2D eigenvalue weighted by Gasteiger charge is 2.29. The molecule has 0 amide bonds. The summed E-state index contributed by atoms with van der Waals surface area (Å²) in [5.41, 5.74) is 1.80. The van der Waals surface area contributed by atoms with Gasteiger partial charge in [-0.1, -0.05) is 12.1 Å². The van der Waals surface area contributed by atoms with Crippen LogP contribution in [0.5, 0.6) is 0 Å². The van der Waals surface area contributed by atoms with Gasteiger partial charge in [0.05, 0.1) is 5.69 Å². The highest BCUT2D eigenvalue weighted by molar-refractivity contribution is 5.57. The van der Waals surface area contributed by atoms with E-state index in [2.05, 4.69) is 42.9 Å². The van der Waals surface area contributed by atoms with Gasteiger partial charge in [-0.2, -0.15) is 0 Å². The number of para-hydroxylation sites is 1. The highest BCUT2D eigenvalue weighted by atomic mass is 19.1. The first-order valence-corrected chi connectivity index (χ1v) is 7.38. The second-order valence-electron chi connectivity index (χ2n) is 5.96. The van der Waals surface area contributed by atoms with Gasteiger partial charge in [-0.25, -0.2) is 4.39 Å². The van der Waals surface area contributed by atoms with Crippen LogP contribution in [0.3, 0.4) is 0 Å². The Hall–Kier alpha value is -1.13. The molecule has 3 nitrogen and oxygen atoms in total. The molecule has 3 atom stereocenters. The van der Waals surface area contributed by atoms with Crippen molar-refractivity contribution in [2.75, 3.05) is 32.1 Å².